The van der Waals surface area contributed by atoms with E-state index in [1.807, 2.05) is 6.92 Å². The van der Waals surface area contributed by atoms with Crippen molar-refractivity contribution in [3.05, 3.63) is 22.6 Å². The van der Waals surface area contributed by atoms with Crippen LogP contribution in [0.5, 0.6) is 0 Å². The van der Waals surface area contributed by atoms with E-state index >= 15 is 0 Å². The van der Waals surface area contributed by atoms with Crippen molar-refractivity contribution in [1.29, 1.82) is 0 Å². The summed E-state index contributed by atoms with van der Waals surface area (Å²) in [5.74, 6) is 0.180. The molecular weight excluding hydrogens is 418 g/mol. The Kier molecular flexibility index (Phi) is 5.89. The van der Waals surface area contributed by atoms with E-state index in [0.717, 1.165) is 12.8 Å². The summed E-state index contributed by atoms with van der Waals surface area (Å²) >= 11 is 0. The molecule has 2 aromatic heterocycles. The molecule has 32 heavy (non-hydrogen) atoms. The van der Waals surface area contributed by atoms with Crippen LogP contribution in [0.4, 0.5) is 17.3 Å². The average molecular weight is 445 g/mol. The lowest BCUT2D eigenvalue weighted by molar-refractivity contribution is -0.164. The van der Waals surface area contributed by atoms with Crippen LogP contribution in [0.3, 0.4) is 0 Å². The highest BCUT2D eigenvalue weighted by Gasteiger charge is 2.56. The normalized spacial score (nSPS) is 26.3. The zero-order chi connectivity index (χ0) is 23.0. The van der Waals surface area contributed by atoms with Crippen molar-refractivity contribution < 1.29 is 24.5 Å². The number of aromatic nitrogens is 2. The van der Waals surface area contributed by atoms with E-state index in [4.69, 9.17) is 15.2 Å². The Bertz CT molecular complexity index is 1130. The van der Waals surface area contributed by atoms with Crippen LogP contribution in [-0.4, -0.2) is 56.5 Å². The zero-order valence-electron chi connectivity index (χ0n) is 17.9. The smallest absolute Gasteiger partial charge is 0.306 e. The van der Waals surface area contributed by atoms with E-state index in [-0.39, 0.29) is 17.9 Å². The molecule has 0 amide bonds. The minimum Gasteiger partial charge on any atom is -0.456 e. The highest BCUT2D eigenvalue weighted by atomic mass is 16.6. The third-order valence-corrected chi connectivity index (χ3v) is 5.84. The number of ether oxygens (including phenoxy) is 2. The van der Waals surface area contributed by atoms with Crippen molar-refractivity contribution in [2.24, 2.45) is 4.99 Å². The van der Waals surface area contributed by atoms with Gasteiger partial charge in [-0.15, -0.1) is 0 Å². The zero-order valence-corrected chi connectivity index (χ0v) is 17.9. The highest BCUT2D eigenvalue weighted by Crippen LogP contribution is 2.46. The number of anilines is 2. The molecule has 172 valence electrons. The number of nitrogen functional groups attached to an aromatic ring is 1. The van der Waals surface area contributed by atoms with Gasteiger partial charge in [-0.25, -0.2) is 4.99 Å². The Morgan fingerprint density at radius 3 is 2.94 bits per heavy atom. The molecule has 11 heteroatoms. The van der Waals surface area contributed by atoms with Gasteiger partial charge >= 0.3 is 5.97 Å². The largest absolute Gasteiger partial charge is 0.456 e. The SMILES string of the molecule is CCCCCC(=O)OC1C(CO)OC(n2cc3c(N)cc(=O)nc4c3c2N=CN4)C1(C)O. The van der Waals surface area contributed by atoms with Crippen molar-refractivity contribution in [2.45, 2.75) is 63.6 Å². The van der Waals surface area contributed by atoms with Gasteiger partial charge in [-0.05, 0) is 13.3 Å². The van der Waals surface area contributed by atoms with Crippen LogP contribution in [0.2, 0.25) is 0 Å². The van der Waals surface area contributed by atoms with Crippen molar-refractivity contribution in [1.82, 2.24) is 9.55 Å². The summed E-state index contributed by atoms with van der Waals surface area (Å²) in [4.78, 5) is 32.6. The molecule has 11 nitrogen and oxygen atoms in total. The molecule has 0 aliphatic carbocycles. The predicted octanol–water partition coefficient (Wildman–Crippen LogP) is 1.20. The second-order valence-corrected chi connectivity index (χ2v) is 8.25. The molecule has 0 spiro atoms. The van der Waals surface area contributed by atoms with Crippen molar-refractivity contribution in [2.75, 3.05) is 17.7 Å². The van der Waals surface area contributed by atoms with Gasteiger partial charge in [0.05, 0.1) is 18.3 Å². The summed E-state index contributed by atoms with van der Waals surface area (Å²) in [6.07, 6.45) is 2.66. The van der Waals surface area contributed by atoms with E-state index < -0.39 is 42.2 Å². The number of hydrogen-bond acceptors (Lipinski definition) is 10. The molecule has 1 saturated heterocycles. The van der Waals surface area contributed by atoms with Crippen molar-refractivity contribution in [3.63, 3.8) is 0 Å². The van der Waals surface area contributed by atoms with E-state index in [1.165, 1.54) is 19.3 Å². The first-order valence-corrected chi connectivity index (χ1v) is 10.6. The van der Waals surface area contributed by atoms with Crippen molar-refractivity contribution >= 4 is 40.4 Å². The molecule has 5 N–H and O–H groups in total. The van der Waals surface area contributed by atoms with Crippen LogP contribution >= 0.6 is 0 Å². The van der Waals surface area contributed by atoms with Crippen LogP contribution < -0.4 is 16.6 Å². The Balaban J connectivity index is 1.73. The van der Waals surface area contributed by atoms with E-state index in [0.29, 0.717) is 23.0 Å². The Morgan fingerprint density at radius 1 is 1.44 bits per heavy atom. The summed E-state index contributed by atoms with van der Waals surface area (Å²) in [6.45, 7) is 3.06. The fourth-order valence-electron chi connectivity index (χ4n) is 4.24. The molecule has 0 bridgehead atoms. The quantitative estimate of drug-likeness (QED) is 0.362. The number of unbranched alkanes of at least 4 members (excludes halogenated alkanes) is 2. The van der Waals surface area contributed by atoms with Crippen LogP contribution in [0.15, 0.2) is 22.1 Å². The van der Waals surface area contributed by atoms with Crippen LogP contribution in [0.1, 0.15) is 45.8 Å². The van der Waals surface area contributed by atoms with Gasteiger partial charge in [-0.1, -0.05) is 19.8 Å². The second kappa shape index (κ2) is 8.49. The molecule has 0 aromatic carbocycles. The predicted molar refractivity (Wildman–Crippen MR) is 118 cm³/mol. The molecule has 2 aliphatic heterocycles. The van der Waals surface area contributed by atoms with Gasteiger partial charge < -0.3 is 35.3 Å². The lowest BCUT2D eigenvalue weighted by atomic mass is 9.96. The highest BCUT2D eigenvalue weighted by molar-refractivity contribution is 6.10. The molecule has 4 unspecified atom stereocenters. The molecule has 2 aliphatic rings. The first-order valence-electron chi connectivity index (χ1n) is 10.6. The topological polar surface area (TPSA) is 161 Å². The summed E-state index contributed by atoms with van der Waals surface area (Å²) in [7, 11) is 0. The monoisotopic (exact) mass is 445 g/mol. The van der Waals surface area contributed by atoms with Gasteiger partial charge in [0, 0.05) is 29.8 Å². The number of hydrogen-bond donors (Lipinski definition) is 4. The minimum atomic E-state index is -1.69. The van der Waals surface area contributed by atoms with Crippen LogP contribution in [-0.2, 0) is 14.3 Å². The maximum atomic E-state index is 12.3. The lowest BCUT2D eigenvalue weighted by Crippen LogP contribution is -2.47. The summed E-state index contributed by atoms with van der Waals surface area (Å²) in [5.41, 5.74) is 4.09. The molecule has 4 rings (SSSR count). The molecular formula is C21H27N5O6. The fourth-order valence-corrected chi connectivity index (χ4v) is 4.24. The Labute approximate surface area is 183 Å². The number of nitrogens with zero attached hydrogens (tertiary/aromatic N) is 3. The van der Waals surface area contributed by atoms with E-state index in [9.17, 15) is 19.8 Å². The number of esters is 1. The number of aliphatic hydroxyl groups excluding tert-OH is 1. The molecule has 2 aromatic rings. The van der Waals surface area contributed by atoms with Crippen molar-refractivity contribution in [3.8, 4) is 0 Å². The molecule has 0 radical (unpaired) electrons. The molecule has 4 atom stereocenters. The molecule has 4 heterocycles. The second-order valence-electron chi connectivity index (χ2n) is 8.25. The number of carbonyl (C=O) groups is 1. The number of rotatable bonds is 7. The molecule has 1 fully saturated rings. The van der Waals surface area contributed by atoms with E-state index in [2.05, 4.69) is 15.3 Å². The summed E-state index contributed by atoms with van der Waals surface area (Å²) < 4.78 is 13.1. The number of aliphatic hydroxyl groups is 2. The fraction of sp³-hybridized carbons (Fsp3) is 0.524. The summed E-state index contributed by atoms with van der Waals surface area (Å²) in [6, 6.07) is 1.21. The average Bonchev–Trinajstić information content (AvgIpc) is 3.19. The Hall–Kier alpha value is -3.02. The van der Waals surface area contributed by atoms with Crippen LogP contribution in [0, 0.1) is 0 Å². The van der Waals surface area contributed by atoms with Gasteiger partial charge in [0.2, 0.25) is 0 Å². The lowest BCUT2D eigenvalue weighted by Gasteiger charge is -2.30. The third kappa shape index (κ3) is 3.72. The Morgan fingerprint density at radius 2 is 2.22 bits per heavy atom. The van der Waals surface area contributed by atoms with Gasteiger partial charge in [0.15, 0.2) is 12.3 Å². The first kappa shape index (κ1) is 22.2. The molecule has 0 saturated carbocycles. The maximum absolute atomic E-state index is 12.3. The first-order chi connectivity index (χ1) is 15.3. The standard InChI is InChI=1S/C21H27N5O6/c1-3-4-5-6-15(29)32-17-13(9-27)31-20(21(17,2)30)26-8-11-12(22)7-14(28)25-18-16(11)19(26)24-10-23-18/h7-8,10,13,17,20,27,30H,3-6,9,22H2,1-2H3,(H,23,24,25,28). The van der Waals surface area contributed by atoms with Gasteiger partial charge in [0.1, 0.15) is 23.3 Å². The number of nitrogens with two attached hydrogens (primary N) is 1. The third-order valence-electron chi connectivity index (χ3n) is 5.84. The van der Waals surface area contributed by atoms with Gasteiger partial charge in [-0.3, -0.25) is 9.59 Å². The van der Waals surface area contributed by atoms with Gasteiger partial charge in [-0.2, -0.15) is 4.98 Å². The maximum Gasteiger partial charge on any atom is 0.306 e. The number of carbonyl (C=O) groups excluding carboxylic acids is 1. The van der Waals surface area contributed by atoms with E-state index in [1.54, 1.807) is 10.8 Å². The number of nitrogens with one attached hydrogen (secondary N) is 1. The number of aliphatic imine (C=N–C) groups is 1. The van der Waals surface area contributed by atoms with Gasteiger partial charge in [0.25, 0.3) is 5.56 Å². The minimum absolute atomic E-state index is 0.192. The van der Waals surface area contributed by atoms with Crippen LogP contribution in [0.25, 0.3) is 10.8 Å². The summed E-state index contributed by atoms with van der Waals surface area (Å²) in [5, 5.41) is 25.1.